The first-order valence-corrected chi connectivity index (χ1v) is 5.95. The molecular weight excluding hydrogens is 230 g/mol. The van der Waals surface area contributed by atoms with E-state index in [1.807, 2.05) is 4.90 Å². The maximum Gasteiger partial charge on any atom is 0.236 e. The van der Waals surface area contributed by atoms with Crippen LogP contribution < -0.4 is 0 Å². The third-order valence-corrected chi connectivity index (χ3v) is 3.29. The molecule has 1 heterocycles. The predicted octanol–water partition coefficient (Wildman–Crippen LogP) is 2.42. The Balaban J connectivity index is 2.19. The minimum atomic E-state index is 0.0894. The summed E-state index contributed by atoms with van der Waals surface area (Å²) in [7, 11) is 0. The number of carbonyl (C=O) groups excluding carboxylic acids is 1. The van der Waals surface area contributed by atoms with Crippen LogP contribution in [0.5, 0.6) is 0 Å². The molecule has 0 aromatic carbocycles. The Bertz CT molecular complexity index is 182. The second-order valence-corrected chi connectivity index (χ2v) is 5.22. The van der Waals surface area contributed by atoms with Gasteiger partial charge in [0.2, 0.25) is 5.91 Å². The second-order valence-electron chi connectivity index (χ2n) is 4.12. The summed E-state index contributed by atoms with van der Waals surface area (Å²) in [5.74, 6) is 1.03. The predicted molar refractivity (Wildman–Crippen MR) is 58.0 cm³/mol. The number of likely N-dealkylation sites (tertiary alicyclic amines) is 1. The maximum atomic E-state index is 11.5. The number of nitrogens with zero attached hydrogens (tertiary/aromatic N) is 1. The van der Waals surface area contributed by atoms with Gasteiger partial charge in [-0.25, -0.2) is 0 Å². The highest BCUT2D eigenvalue weighted by atomic mass is 79.9. The molecule has 1 atom stereocenters. The van der Waals surface area contributed by atoms with Crippen LogP contribution in [0.15, 0.2) is 0 Å². The highest BCUT2D eigenvalue weighted by molar-refractivity contribution is 9.10. The summed E-state index contributed by atoms with van der Waals surface area (Å²) in [6.45, 7) is 6.32. The number of hydrogen-bond donors (Lipinski definition) is 0. The van der Waals surface area contributed by atoms with Gasteiger partial charge in [0.25, 0.3) is 0 Å². The quantitative estimate of drug-likeness (QED) is 0.699. The Kier molecular flexibility index (Phi) is 4.23. The fourth-order valence-corrected chi connectivity index (χ4v) is 2.11. The summed E-state index contributed by atoms with van der Waals surface area (Å²) < 4.78 is 0. The summed E-state index contributed by atoms with van der Waals surface area (Å²) in [6, 6.07) is 0. The van der Waals surface area contributed by atoms with Crippen molar-refractivity contribution in [3.63, 3.8) is 0 Å². The van der Waals surface area contributed by atoms with Gasteiger partial charge in [-0.1, -0.05) is 29.8 Å². The molecule has 0 bridgehead atoms. The SMILES string of the molecule is CC(C)CCCN1CCC(Br)C1=O. The highest BCUT2D eigenvalue weighted by Crippen LogP contribution is 2.19. The first-order chi connectivity index (χ1) is 6.11. The topological polar surface area (TPSA) is 20.3 Å². The molecule has 13 heavy (non-hydrogen) atoms. The van der Waals surface area contributed by atoms with Crippen LogP contribution in [0, 0.1) is 5.92 Å². The highest BCUT2D eigenvalue weighted by Gasteiger charge is 2.28. The lowest BCUT2D eigenvalue weighted by Crippen LogP contribution is -2.28. The van der Waals surface area contributed by atoms with E-state index in [0.717, 1.165) is 31.8 Å². The van der Waals surface area contributed by atoms with Gasteiger partial charge < -0.3 is 4.90 Å². The first kappa shape index (κ1) is 11.0. The van der Waals surface area contributed by atoms with Crippen molar-refractivity contribution in [2.75, 3.05) is 13.1 Å². The molecule has 2 nitrogen and oxygen atoms in total. The molecule has 1 rings (SSSR count). The third-order valence-electron chi connectivity index (χ3n) is 2.44. The molecule has 0 spiro atoms. The molecule has 3 heteroatoms. The molecular formula is C10H18BrNO. The van der Waals surface area contributed by atoms with E-state index in [4.69, 9.17) is 0 Å². The smallest absolute Gasteiger partial charge is 0.236 e. The monoisotopic (exact) mass is 247 g/mol. The number of halogens is 1. The lowest BCUT2D eigenvalue weighted by Gasteiger charge is -2.16. The molecule has 1 amide bonds. The van der Waals surface area contributed by atoms with Crippen LogP contribution in [-0.2, 0) is 4.79 Å². The molecule has 1 fully saturated rings. The lowest BCUT2D eigenvalue weighted by atomic mass is 10.1. The fourth-order valence-electron chi connectivity index (χ4n) is 1.61. The largest absolute Gasteiger partial charge is 0.342 e. The van der Waals surface area contributed by atoms with Crippen LogP contribution in [0.3, 0.4) is 0 Å². The summed E-state index contributed by atoms with van der Waals surface area (Å²) in [5.41, 5.74) is 0. The molecule has 1 aliphatic heterocycles. The van der Waals surface area contributed by atoms with E-state index in [9.17, 15) is 4.79 Å². The Morgan fingerprint density at radius 2 is 2.31 bits per heavy atom. The zero-order valence-electron chi connectivity index (χ0n) is 8.42. The number of alkyl halides is 1. The van der Waals surface area contributed by atoms with Gasteiger partial charge >= 0.3 is 0 Å². The van der Waals surface area contributed by atoms with Gasteiger partial charge in [-0.05, 0) is 25.2 Å². The Labute approximate surface area is 88.8 Å². The van der Waals surface area contributed by atoms with Crippen molar-refractivity contribution in [3.05, 3.63) is 0 Å². The second kappa shape index (κ2) is 4.99. The van der Waals surface area contributed by atoms with E-state index in [0.29, 0.717) is 0 Å². The molecule has 0 aromatic rings. The number of amides is 1. The zero-order chi connectivity index (χ0) is 9.84. The van der Waals surface area contributed by atoms with E-state index in [2.05, 4.69) is 29.8 Å². The molecule has 0 saturated carbocycles. The van der Waals surface area contributed by atoms with Crippen molar-refractivity contribution >= 4 is 21.8 Å². The van der Waals surface area contributed by atoms with Gasteiger partial charge in [0, 0.05) is 13.1 Å². The van der Waals surface area contributed by atoms with Gasteiger partial charge in [-0.15, -0.1) is 0 Å². The normalized spacial score (nSPS) is 23.2. The van der Waals surface area contributed by atoms with Gasteiger partial charge in [-0.3, -0.25) is 4.79 Å². The van der Waals surface area contributed by atoms with Crippen LogP contribution in [0.4, 0.5) is 0 Å². The van der Waals surface area contributed by atoms with Crippen molar-refractivity contribution in [2.45, 2.75) is 37.9 Å². The van der Waals surface area contributed by atoms with Gasteiger partial charge in [-0.2, -0.15) is 0 Å². The standard InChI is InChI=1S/C10H18BrNO/c1-8(2)4-3-6-12-7-5-9(11)10(12)13/h8-9H,3-7H2,1-2H3. The van der Waals surface area contributed by atoms with E-state index >= 15 is 0 Å². The zero-order valence-corrected chi connectivity index (χ0v) is 10.0. The Morgan fingerprint density at radius 1 is 1.62 bits per heavy atom. The number of hydrogen-bond acceptors (Lipinski definition) is 1. The Morgan fingerprint density at radius 3 is 2.77 bits per heavy atom. The fraction of sp³-hybridized carbons (Fsp3) is 0.900. The molecule has 0 radical (unpaired) electrons. The molecule has 0 aliphatic carbocycles. The molecule has 1 aliphatic rings. The van der Waals surface area contributed by atoms with Crippen LogP contribution in [0.2, 0.25) is 0 Å². The van der Waals surface area contributed by atoms with Gasteiger partial charge in [0.05, 0.1) is 4.83 Å². The van der Waals surface area contributed by atoms with Crippen molar-refractivity contribution in [2.24, 2.45) is 5.92 Å². The number of rotatable bonds is 4. The summed E-state index contributed by atoms with van der Waals surface area (Å²) in [6.07, 6.45) is 3.33. The molecule has 1 unspecified atom stereocenters. The van der Waals surface area contributed by atoms with Crippen LogP contribution in [0.1, 0.15) is 33.1 Å². The molecule has 76 valence electrons. The average Bonchev–Trinajstić information content (AvgIpc) is 2.35. The van der Waals surface area contributed by atoms with Crippen molar-refractivity contribution in [3.8, 4) is 0 Å². The van der Waals surface area contributed by atoms with Gasteiger partial charge in [0.15, 0.2) is 0 Å². The van der Waals surface area contributed by atoms with E-state index < -0.39 is 0 Å². The summed E-state index contributed by atoms with van der Waals surface area (Å²) in [5, 5.41) is 0. The van der Waals surface area contributed by atoms with Gasteiger partial charge in [0.1, 0.15) is 0 Å². The van der Waals surface area contributed by atoms with E-state index in [1.165, 1.54) is 6.42 Å². The van der Waals surface area contributed by atoms with Crippen molar-refractivity contribution < 1.29 is 4.79 Å². The van der Waals surface area contributed by atoms with E-state index in [-0.39, 0.29) is 10.7 Å². The van der Waals surface area contributed by atoms with Crippen molar-refractivity contribution in [1.82, 2.24) is 4.90 Å². The summed E-state index contributed by atoms with van der Waals surface area (Å²) >= 11 is 3.37. The van der Waals surface area contributed by atoms with Crippen LogP contribution >= 0.6 is 15.9 Å². The minimum Gasteiger partial charge on any atom is -0.342 e. The molecule has 0 aromatic heterocycles. The first-order valence-electron chi connectivity index (χ1n) is 5.04. The van der Waals surface area contributed by atoms with Crippen LogP contribution in [0.25, 0.3) is 0 Å². The third kappa shape index (κ3) is 3.29. The number of carbonyl (C=O) groups is 1. The average molecular weight is 248 g/mol. The Hall–Kier alpha value is -0.0500. The molecule has 1 saturated heterocycles. The molecule has 0 N–H and O–H groups in total. The maximum absolute atomic E-state index is 11.5. The summed E-state index contributed by atoms with van der Waals surface area (Å²) in [4.78, 5) is 13.5. The minimum absolute atomic E-state index is 0.0894. The van der Waals surface area contributed by atoms with E-state index in [1.54, 1.807) is 0 Å². The van der Waals surface area contributed by atoms with Crippen molar-refractivity contribution in [1.29, 1.82) is 0 Å². The lowest BCUT2D eigenvalue weighted by molar-refractivity contribution is -0.127. The van der Waals surface area contributed by atoms with Crippen LogP contribution in [-0.4, -0.2) is 28.7 Å².